The molecular weight excluding hydrogens is 234 g/mol. The smallest absolute Gasteiger partial charge is 0.326 e. The maximum Gasteiger partial charge on any atom is 0.326 e. The lowest BCUT2D eigenvalue weighted by Crippen LogP contribution is -2.19. The molecule has 0 amide bonds. The Hall–Kier alpha value is -1.40. The molecule has 1 aromatic heterocycles. The van der Waals surface area contributed by atoms with Crippen molar-refractivity contribution in [3.05, 3.63) is 18.2 Å². The van der Waals surface area contributed by atoms with E-state index in [2.05, 4.69) is 10.3 Å². The number of carboxylic acid groups (broad SMARTS) is 1. The Bertz CT molecular complexity index is 365. The van der Waals surface area contributed by atoms with Crippen LogP contribution in [0.5, 0.6) is 0 Å². The predicted molar refractivity (Wildman–Crippen MR) is 67.4 cm³/mol. The third-order valence-corrected chi connectivity index (χ3v) is 2.65. The average Bonchev–Trinajstić information content (AvgIpc) is 2.79. The fraction of sp³-hybridized carbons (Fsp3) is 0.667. The molecule has 1 heterocycles. The predicted octanol–water partition coefficient (Wildman–Crippen LogP) is 1.04. The van der Waals surface area contributed by atoms with Gasteiger partial charge < -0.3 is 19.7 Å². The maximum absolute atomic E-state index is 11.1. The summed E-state index contributed by atoms with van der Waals surface area (Å²) in [5.74, 6) is -0.812. The molecule has 0 aliphatic heterocycles. The summed E-state index contributed by atoms with van der Waals surface area (Å²) in [5, 5.41) is 12.3. The highest BCUT2D eigenvalue weighted by atomic mass is 16.5. The van der Waals surface area contributed by atoms with Gasteiger partial charge in [-0.25, -0.2) is 9.78 Å². The summed E-state index contributed by atoms with van der Waals surface area (Å²) in [6.07, 6.45) is 4.81. The van der Waals surface area contributed by atoms with E-state index in [0.717, 1.165) is 18.7 Å². The highest BCUT2D eigenvalue weighted by Crippen LogP contribution is 2.14. The quantitative estimate of drug-likeness (QED) is 0.645. The number of hydrogen-bond donors (Lipinski definition) is 2. The van der Waals surface area contributed by atoms with Crippen LogP contribution in [0.15, 0.2) is 12.5 Å². The first-order valence-corrected chi connectivity index (χ1v) is 6.13. The summed E-state index contributed by atoms with van der Waals surface area (Å²) >= 11 is 0. The molecular formula is C12H21N3O3. The van der Waals surface area contributed by atoms with E-state index in [1.54, 1.807) is 24.2 Å². The van der Waals surface area contributed by atoms with E-state index in [1.165, 1.54) is 0 Å². The first kappa shape index (κ1) is 14.7. The van der Waals surface area contributed by atoms with Crippen molar-refractivity contribution in [3.8, 4) is 0 Å². The zero-order valence-electron chi connectivity index (χ0n) is 10.9. The summed E-state index contributed by atoms with van der Waals surface area (Å²) in [4.78, 5) is 15.3. The van der Waals surface area contributed by atoms with Crippen molar-refractivity contribution in [2.24, 2.45) is 0 Å². The van der Waals surface area contributed by atoms with Gasteiger partial charge in [-0.3, -0.25) is 0 Å². The van der Waals surface area contributed by atoms with Crippen molar-refractivity contribution in [1.82, 2.24) is 14.9 Å². The number of hydrogen-bond acceptors (Lipinski definition) is 4. The van der Waals surface area contributed by atoms with Gasteiger partial charge in [0.2, 0.25) is 0 Å². The van der Waals surface area contributed by atoms with Gasteiger partial charge in [-0.05, 0) is 6.42 Å². The normalized spacial score (nSPS) is 12.6. The van der Waals surface area contributed by atoms with Crippen LogP contribution < -0.4 is 5.32 Å². The standard InChI is InChI=1S/C12H21N3O3/c1-3-4-11(12(16)17)15-8-10(14-9-15)7-13-5-6-18-2/h8-9,11,13H,3-7H2,1-2H3,(H,16,17). The van der Waals surface area contributed by atoms with Crippen LogP contribution in [0.4, 0.5) is 0 Å². The van der Waals surface area contributed by atoms with Gasteiger partial charge in [0, 0.05) is 26.4 Å². The molecule has 2 N–H and O–H groups in total. The summed E-state index contributed by atoms with van der Waals surface area (Å²) in [5.41, 5.74) is 0.841. The second-order valence-electron chi connectivity index (χ2n) is 4.12. The lowest BCUT2D eigenvalue weighted by molar-refractivity contribution is -0.141. The van der Waals surface area contributed by atoms with Crippen LogP contribution in [0.1, 0.15) is 31.5 Å². The first-order chi connectivity index (χ1) is 8.69. The summed E-state index contributed by atoms with van der Waals surface area (Å²) in [6, 6.07) is -0.518. The third kappa shape index (κ3) is 4.46. The van der Waals surface area contributed by atoms with Gasteiger partial charge in [0.05, 0.1) is 18.6 Å². The molecule has 0 spiro atoms. The van der Waals surface area contributed by atoms with Crippen LogP contribution in [-0.4, -0.2) is 40.9 Å². The van der Waals surface area contributed by atoms with Gasteiger partial charge in [-0.2, -0.15) is 0 Å². The first-order valence-electron chi connectivity index (χ1n) is 6.13. The molecule has 0 aliphatic carbocycles. The molecule has 102 valence electrons. The van der Waals surface area contributed by atoms with Gasteiger partial charge in [0.25, 0.3) is 0 Å². The Labute approximate surface area is 107 Å². The molecule has 0 aliphatic rings. The van der Waals surface area contributed by atoms with Crippen LogP contribution in [0, 0.1) is 0 Å². The van der Waals surface area contributed by atoms with Gasteiger partial charge in [0.1, 0.15) is 6.04 Å². The minimum Gasteiger partial charge on any atom is -0.480 e. The van der Waals surface area contributed by atoms with Crippen LogP contribution in [0.25, 0.3) is 0 Å². The second-order valence-corrected chi connectivity index (χ2v) is 4.12. The minimum atomic E-state index is -0.812. The molecule has 0 aromatic carbocycles. The van der Waals surface area contributed by atoms with Gasteiger partial charge >= 0.3 is 5.97 Å². The molecule has 6 nitrogen and oxygen atoms in total. The highest BCUT2D eigenvalue weighted by Gasteiger charge is 2.18. The minimum absolute atomic E-state index is 0.518. The SMILES string of the molecule is CCCC(C(=O)O)n1cnc(CNCCOC)c1. The number of nitrogens with one attached hydrogen (secondary N) is 1. The Morgan fingerprint density at radius 3 is 3.06 bits per heavy atom. The Morgan fingerprint density at radius 2 is 2.44 bits per heavy atom. The molecule has 18 heavy (non-hydrogen) atoms. The lowest BCUT2D eigenvalue weighted by atomic mass is 10.2. The highest BCUT2D eigenvalue weighted by molar-refractivity contribution is 5.71. The number of carboxylic acids is 1. The number of imidazole rings is 1. The van der Waals surface area contributed by atoms with E-state index in [1.807, 2.05) is 6.92 Å². The van der Waals surface area contributed by atoms with Crippen LogP contribution in [0.2, 0.25) is 0 Å². The zero-order valence-corrected chi connectivity index (χ0v) is 10.9. The van der Waals surface area contributed by atoms with E-state index in [4.69, 9.17) is 9.84 Å². The fourth-order valence-corrected chi connectivity index (χ4v) is 1.71. The number of nitrogens with zero attached hydrogens (tertiary/aromatic N) is 2. The molecule has 0 fully saturated rings. The molecule has 0 bridgehead atoms. The number of ether oxygens (including phenoxy) is 1. The van der Waals surface area contributed by atoms with Crippen LogP contribution >= 0.6 is 0 Å². The van der Waals surface area contributed by atoms with Crippen molar-refractivity contribution in [2.75, 3.05) is 20.3 Å². The number of aromatic nitrogens is 2. The van der Waals surface area contributed by atoms with Crippen molar-refractivity contribution < 1.29 is 14.6 Å². The van der Waals surface area contributed by atoms with Gasteiger partial charge in [0.15, 0.2) is 0 Å². The number of rotatable bonds is 9. The van der Waals surface area contributed by atoms with E-state index in [-0.39, 0.29) is 0 Å². The number of carbonyl (C=O) groups is 1. The molecule has 0 saturated heterocycles. The molecule has 1 aromatic rings. The van der Waals surface area contributed by atoms with Gasteiger partial charge in [-0.15, -0.1) is 0 Å². The Morgan fingerprint density at radius 1 is 1.67 bits per heavy atom. The van der Waals surface area contributed by atoms with Crippen molar-refractivity contribution >= 4 is 5.97 Å². The molecule has 1 atom stereocenters. The molecule has 0 radical (unpaired) electrons. The maximum atomic E-state index is 11.1. The Balaban J connectivity index is 2.52. The van der Waals surface area contributed by atoms with E-state index >= 15 is 0 Å². The van der Waals surface area contributed by atoms with E-state index < -0.39 is 12.0 Å². The topological polar surface area (TPSA) is 76.4 Å². The lowest BCUT2D eigenvalue weighted by Gasteiger charge is -2.11. The molecule has 6 heteroatoms. The largest absolute Gasteiger partial charge is 0.480 e. The zero-order chi connectivity index (χ0) is 13.4. The van der Waals surface area contributed by atoms with E-state index in [9.17, 15) is 4.79 Å². The molecule has 1 rings (SSSR count). The molecule has 1 unspecified atom stereocenters. The van der Waals surface area contributed by atoms with E-state index in [0.29, 0.717) is 19.6 Å². The van der Waals surface area contributed by atoms with Crippen LogP contribution in [0.3, 0.4) is 0 Å². The second kappa shape index (κ2) is 7.84. The summed E-state index contributed by atoms with van der Waals surface area (Å²) in [7, 11) is 1.65. The monoisotopic (exact) mass is 255 g/mol. The fourth-order valence-electron chi connectivity index (χ4n) is 1.71. The number of aliphatic carboxylic acids is 1. The average molecular weight is 255 g/mol. The van der Waals surface area contributed by atoms with Gasteiger partial charge in [-0.1, -0.05) is 13.3 Å². The number of methoxy groups -OCH3 is 1. The van der Waals surface area contributed by atoms with Crippen molar-refractivity contribution in [1.29, 1.82) is 0 Å². The molecule has 0 saturated carbocycles. The van der Waals surface area contributed by atoms with Crippen LogP contribution in [-0.2, 0) is 16.1 Å². The Kier molecular flexibility index (Phi) is 6.38. The summed E-state index contributed by atoms with van der Waals surface area (Å²) < 4.78 is 6.59. The third-order valence-electron chi connectivity index (χ3n) is 2.65. The van der Waals surface area contributed by atoms with Crippen molar-refractivity contribution in [3.63, 3.8) is 0 Å². The summed E-state index contributed by atoms with van der Waals surface area (Å²) in [6.45, 7) is 3.99. The van der Waals surface area contributed by atoms with Crippen molar-refractivity contribution in [2.45, 2.75) is 32.4 Å².